The zero-order chi connectivity index (χ0) is 13.2. The molecule has 0 aliphatic carbocycles. The summed E-state index contributed by atoms with van der Waals surface area (Å²) in [5, 5.41) is 4.49. The average Bonchev–Trinajstić information content (AvgIpc) is 2.80. The highest BCUT2D eigenvalue weighted by atomic mass is 32.1. The zero-order valence-electron chi connectivity index (χ0n) is 11.4. The molecule has 3 nitrogen and oxygen atoms in total. The Morgan fingerprint density at radius 1 is 1.26 bits per heavy atom. The van der Waals surface area contributed by atoms with Crippen LogP contribution in [-0.4, -0.2) is 23.1 Å². The predicted octanol–water partition coefficient (Wildman–Crippen LogP) is 3.29. The Hall–Kier alpha value is -1.26. The fourth-order valence-electron chi connectivity index (χ4n) is 2.48. The van der Waals surface area contributed by atoms with Gasteiger partial charge in [0, 0.05) is 23.0 Å². The molecule has 19 heavy (non-hydrogen) atoms. The van der Waals surface area contributed by atoms with Gasteiger partial charge in [-0.2, -0.15) is 0 Å². The fourth-order valence-corrected chi connectivity index (χ4v) is 3.37. The van der Waals surface area contributed by atoms with Crippen molar-refractivity contribution in [2.24, 2.45) is 0 Å². The van der Waals surface area contributed by atoms with Crippen molar-refractivity contribution in [3.63, 3.8) is 0 Å². The van der Waals surface area contributed by atoms with Gasteiger partial charge in [0.05, 0.1) is 11.4 Å². The second kappa shape index (κ2) is 5.39. The SMILES string of the molecule is Cc1nc(-c2cccc([C@H]3CCCNC3)n2)sc1C. The fraction of sp³-hybridized carbons (Fsp3) is 0.467. The number of pyridine rings is 1. The van der Waals surface area contributed by atoms with Gasteiger partial charge in [-0.05, 0) is 45.4 Å². The minimum Gasteiger partial charge on any atom is -0.316 e. The van der Waals surface area contributed by atoms with E-state index >= 15 is 0 Å². The quantitative estimate of drug-likeness (QED) is 0.912. The third-order valence-corrected chi connectivity index (χ3v) is 4.83. The summed E-state index contributed by atoms with van der Waals surface area (Å²) in [6.45, 7) is 6.36. The van der Waals surface area contributed by atoms with Crippen LogP contribution in [0, 0.1) is 13.8 Å². The van der Waals surface area contributed by atoms with Gasteiger partial charge in [0.25, 0.3) is 0 Å². The summed E-state index contributed by atoms with van der Waals surface area (Å²) in [5.41, 5.74) is 3.34. The molecule has 3 heterocycles. The Morgan fingerprint density at radius 2 is 2.16 bits per heavy atom. The molecule has 3 rings (SSSR count). The molecule has 1 fully saturated rings. The maximum absolute atomic E-state index is 4.83. The van der Waals surface area contributed by atoms with E-state index in [1.54, 1.807) is 11.3 Å². The van der Waals surface area contributed by atoms with Crippen molar-refractivity contribution in [1.82, 2.24) is 15.3 Å². The number of aromatic nitrogens is 2. The lowest BCUT2D eigenvalue weighted by Gasteiger charge is -2.22. The van der Waals surface area contributed by atoms with E-state index in [9.17, 15) is 0 Å². The van der Waals surface area contributed by atoms with Crippen molar-refractivity contribution in [2.45, 2.75) is 32.6 Å². The molecular weight excluding hydrogens is 254 g/mol. The topological polar surface area (TPSA) is 37.8 Å². The maximum Gasteiger partial charge on any atom is 0.142 e. The summed E-state index contributed by atoms with van der Waals surface area (Å²) in [5.74, 6) is 0.552. The molecule has 0 saturated carbocycles. The van der Waals surface area contributed by atoms with Gasteiger partial charge in [-0.1, -0.05) is 6.07 Å². The zero-order valence-corrected chi connectivity index (χ0v) is 12.3. The molecule has 1 aliphatic heterocycles. The normalized spacial score (nSPS) is 19.6. The van der Waals surface area contributed by atoms with E-state index in [4.69, 9.17) is 4.98 Å². The highest BCUT2D eigenvalue weighted by molar-refractivity contribution is 7.15. The van der Waals surface area contributed by atoms with Crippen molar-refractivity contribution < 1.29 is 0 Å². The van der Waals surface area contributed by atoms with Gasteiger partial charge in [0.2, 0.25) is 0 Å². The van der Waals surface area contributed by atoms with Crippen LogP contribution in [0.4, 0.5) is 0 Å². The van der Waals surface area contributed by atoms with Gasteiger partial charge in [0.15, 0.2) is 0 Å². The second-order valence-corrected chi connectivity index (χ2v) is 6.35. The third-order valence-electron chi connectivity index (χ3n) is 3.73. The highest BCUT2D eigenvalue weighted by Gasteiger charge is 2.17. The number of rotatable bonds is 2. The van der Waals surface area contributed by atoms with Crippen LogP contribution in [0.2, 0.25) is 0 Å². The number of aryl methyl sites for hydroxylation is 2. The van der Waals surface area contributed by atoms with Crippen LogP contribution < -0.4 is 5.32 Å². The average molecular weight is 273 g/mol. The Balaban J connectivity index is 1.90. The summed E-state index contributed by atoms with van der Waals surface area (Å²) in [4.78, 5) is 10.7. The van der Waals surface area contributed by atoms with E-state index in [-0.39, 0.29) is 0 Å². The number of piperidine rings is 1. The van der Waals surface area contributed by atoms with Crippen molar-refractivity contribution >= 4 is 11.3 Å². The largest absolute Gasteiger partial charge is 0.316 e. The second-order valence-electron chi connectivity index (χ2n) is 5.15. The van der Waals surface area contributed by atoms with Crippen LogP contribution in [0.25, 0.3) is 10.7 Å². The molecule has 1 saturated heterocycles. The molecule has 100 valence electrons. The van der Waals surface area contributed by atoms with Gasteiger partial charge in [-0.3, -0.25) is 0 Å². The van der Waals surface area contributed by atoms with Crippen molar-refractivity contribution in [2.75, 3.05) is 13.1 Å². The van der Waals surface area contributed by atoms with Crippen molar-refractivity contribution in [1.29, 1.82) is 0 Å². The van der Waals surface area contributed by atoms with Crippen LogP contribution >= 0.6 is 11.3 Å². The first-order chi connectivity index (χ1) is 9.24. The summed E-state index contributed by atoms with van der Waals surface area (Å²) in [7, 11) is 0. The highest BCUT2D eigenvalue weighted by Crippen LogP contribution is 2.28. The van der Waals surface area contributed by atoms with E-state index in [1.807, 2.05) is 0 Å². The molecule has 2 aromatic rings. The lowest BCUT2D eigenvalue weighted by molar-refractivity contribution is 0.455. The van der Waals surface area contributed by atoms with Gasteiger partial charge in [-0.25, -0.2) is 9.97 Å². The molecule has 0 radical (unpaired) electrons. The molecule has 0 bridgehead atoms. The molecule has 1 atom stereocenters. The molecule has 0 spiro atoms. The Labute approximate surface area is 118 Å². The van der Waals surface area contributed by atoms with Crippen molar-refractivity contribution in [3.05, 3.63) is 34.5 Å². The van der Waals surface area contributed by atoms with Gasteiger partial charge < -0.3 is 5.32 Å². The minimum atomic E-state index is 0.552. The molecule has 0 aromatic carbocycles. The van der Waals surface area contributed by atoms with Crippen molar-refractivity contribution in [3.8, 4) is 10.7 Å². The monoisotopic (exact) mass is 273 g/mol. The maximum atomic E-state index is 4.83. The molecular formula is C15H19N3S. The molecule has 4 heteroatoms. The van der Waals surface area contributed by atoms with Crippen LogP contribution in [0.3, 0.4) is 0 Å². The van der Waals surface area contributed by atoms with E-state index in [0.717, 1.165) is 29.5 Å². The summed E-state index contributed by atoms with van der Waals surface area (Å²) in [6, 6.07) is 6.32. The van der Waals surface area contributed by atoms with E-state index in [0.29, 0.717) is 5.92 Å². The first-order valence-electron chi connectivity index (χ1n) is 6.86. The van der Waals surface area contributed by atoms with Crippen LogP contribution in [0.15, 0.2) is 18.2 Å². The number of hydrogen-bond acceptors (Lipinski definition) is 4. The lowest BCUT2D eigenvalue weighted by atomic mass is 9.95. The van der Waals surface area contributed by atoms with Gasteiger partial charge >= 0.3 is 0 Å². The van der Waals surface area contributed by atoms with Crippen LogP contribution in [0.1, 0.15) is 35.0 Å². The van der Waals surface area contributed by atoms with E-state index in [2.05, 4.69) is 42.3 Å². The summed E-state index contributed by atoms with van der Waals surface area (Å²) < 4.78 is 0. The van der Waals surface area contributed by atoms with E-state index in [1.165, 1.54) is 23.4 Å². The molecule has 1 aliphatic rings. The van der Waals surface area contributed by atoms with E-state index < -0.39 is 0 Å². The summed E-state index contributed by atoms with van der Waals surface area (Å²) >= 11 is 1.73. The third kappa shape index (κ3) is 2.69. The molecule has 0 amide bonds. The van der Waals surface area contributed by atoms with Gasteiger partial charge in [0.1, 0.15) is 5.01 Å². The Bertz CT molecular complexity index is 551. The first-order valence-corrected chi connectivity index (χ1v) is 7.68. The molecule has 2 aromatic heterocycles. The minimum absolute atomic E-state index is 0.552. The number of nitrogens with one attached hydrogen (secondary N) is 1. The standard InChI is InChI=1S/C15H19N3S/c1-10-11(2)19-15(17-10)14-7-3-6-13(18-14)12-5-4-8-16-9-12/h3,6-7,12,16H,4-5,8-9H2,1-2H3/t12-/m0/s1. The Morgan fingerprint density at radius 3 is 2.84 bits per heavy atom. The van der Waals surface area contributed by atoms with Crippen LogP contribution in [0.5, 0.6) is 0 Å². The van der Waals surface area contributed by atoms with Gasteiger partial charge in [-0.15, -0.1) is 11.3 Å². The lowest BCUT2D eigenvalue weighted by Crippen LogP contribution is -2.28. The number of hydrogen-bond donors (Lipinski definition) is 1. The molecule has 0 unspecified atom stereocenters. The Kier molecular flexibility index (Phi) is 3.62. The molecule has 1 N–H and O–H groups in total. The first kappa shape index (κ1) is 12.8. The smallest absolute Gasteiger partial charge is 0.142 e. The summed E-state index contributed by atoms with van der Waals surface area (Å²) in [6.07, 6.45) is 2.48. The van der Waals surface area contributed by atoms with Crippen LogP contribution in [-0.2, 0) is 0 Å². The number of nitrogens with zero attached hydrogens (tertiary/aromatic N) is 2. The number of thiazole rings is 1. The predicted molar refractivity (Wildman–Crippen MR) is 79.7 cm³/mol.